The van der Waals surface area contributed by atoms with Gasteiger partial charge in [-0.05, 0) is 18.6 Å². The molecule has 1 radical (unpaired) electrons. The van der Waals surface area contributed by atoms with E-state index in [0.717, 1.165) is 11.7 Å². The highest BCUT2D eigenvalue weighted by molar-refractivity contribution is 7.99. The van der Waals surface area contributed by atoms with E-state index in [1.807, 2.05) is 0 Å². The van der Waals surface area contributed by atoms with Crippen LogP contribution < -0.4 is 0 Å². The fourth-order valence-electron chi connectivity index (χ4n) is 1.17. The van der Waals surface area contributed by atoms with Gasteiger partial charge in [0.1, 0.15) is 0 Å². The average Bonchev–Trinajstić information content (AvgIpc) is 2.03. The Balaban J connectivity index is 3.20. The number of thioether (sulfide) groups is 1. The lowest BCUT2D eigenvalue weighted by molar-refractivity contribution is 0.647. The zero-order valence-corrected chi connectivity index (χ0v) is 8.75. The molecule has 0 heterocycles. The summed E-state index contributed by atoms with van der Waals surface area (Å²) in [5.41, 5.74) is 0. The van der Waals surface area contributed by atoms with Crippen molar-refractivity contribution in [1.29, 1.82) is 0 Å². The van der Waals surface area contributed by atoms with E-state index < -0.39 is 0 Å². The molecule has 0 rings (SSSR count). The van der Waals surface area contributed by atoms with Crippen LogP contribution in [0, 0.1) is 6.92 Å². The van der Waals surface area contributed by atoms with E-state index in [1.54, 1.807) is 0 Å². The molecule has 0 aromatic rings. The van der Waals surface area contributed by atoms with Crippen LogP contribution in [0.4, 0.5) is 0 Å². The smallest absolute Gasteiger partial charge is 0.00469 e. The molecule has 67 valence electrons. The SMILES string of the molecule is [CH2]CC(CCCCC)SCC. The minimum atomic E-state index is 0.826. The maximum Gasteiger partial charge on any atom is 0.00469 e. The van der Waals surface area contributed by atoms with Crippen molar-refractivity contribution < 1.29 is 0 Å². The fourth-order valence-corrected chi connectivity index (χ4v) is 2.14. The van der Waals surface area contributed by atoms with Crippen LogP contribution in [0.5, 0.6) is 0 Å². The van der Waals surface area contributed by atoms with Crippen molar-refractivity contribution >= 4 is 11.8 Å². The minimum Gasteiger partial charge on any atom is -0.159 e. The van der Waals surface area contributed by atoms with Gasteiger partial charge < -0.3 is 0 Å². The predicted octanol–water partition coefficient (Wildman–Crippen LogP) is 3.91. The summed E-state index contributed by atoms with van der Waals surface area (Å²) in [6, 6.07) is 0. The van der Waals surface area contributed by atoms with Gasteiger partial charge in [0.2, 0.25) is 0 Å². The lowest BCUT2D eigenvalue weighted by Crippen LogP contribution is -2.00. The Kier molecular flexibility index (Phi) is 8.72. The zero-order chi connectivity index (χ0) is 8.53. The Bertz CT molecular complexity index is 71.3. The van der Waals surface area contributed by atoms with Crippen molar-refractivity contribution in [2.45, 2.75) is 51.2 Å². The quantitative estimate of drug-likeness (QED) is 0.526. The number of unbranched alkanes of at least 4 members (excludes halogenated alkanes) is 2. The van der Waals surface area contributed by atoms with Gasteiger partial charge in [-0.2, -0.15) is 11.8 Å². The van der Waals surface area contributed by atoms with Crippen molar-refractivity contribution in [2.75, 3.05) is 5.75 Å². The Hall–Kier alpha value is 0.350. The van der Waals surface area contributed by atoms with Crippen LogP contribution in [0.3, 0.4) is 0 Å². The summed E-state index contributed by atoms with van der Waals surface area (Å²) in [7, 11) is 0. The lowest BCUT2D eigenvalue weighted by atomic mass is 10.1. The molecule has 0 fully saturated rings. The minimum absolute atomic E-state index is 0.826. The Morgan fingerprint density at radius 3 is 2.45 bits per heavy atom. The van der Waals surface area contributed by atoms with Gasteiger partial charge in [0, 0.05) is 5.25 Å². The first kappa shape index (κ1) is 11.4. The van der Waals surface area contributed by atoms with Crippen LogP contribution in [-0.2, 0) is 0 Å². The molecule has 1 unspecified atom stereocenters. The van der Waals surface area contributed by atoms with Gasteiger partial charge in [-0.3, -0.25) is 0 Å². The van der Waals surface area contributed by atoms with Gasteiger partial charge in [-0.15, -0.1) is 0 Å². The van der Waals surface area contributed by atoms with E-state index in [2.05, 4.69) is 32.5 Å². The lowest BCUT2D eigenvalue weighted by Gasteiger charge is -2.11. The number of hydrogen-bond donors (Lipinski definition) is 0. The molecule has 0 aliphatic rings. The fraction of sp³-hybridized carbons (Fsp3) is 0.900. The molecule has 0 amide bonds. The highest BCUT2D eigenvalue weighted by Crippen LogP contribution is 2.19. The third-order valence-corrected chi connectivity index (χ3v) is 3.13. The van der Waals surface area contributed by atoms with Gasteiger partial charge in [0.15, 0.2) is 0 Å². The molecule has 0 saturated heterocycles. The van der Waals surface area contributed by atoms with E-state index in [9.17, 15) is 0 Å². The molecule has 1 heteroatoms. The van der Waals surface area contributed by atoms with Crippen LogP contribution in [-0.4, -0.2) is 11.0 Å². The van der Waals surface area contributed by atoms with E-state index in [-0.39, 0.29) is 0 Å². The molecule has 0 bridgehead atoms. The first-order chi connectivity index (χ1) is 5.35. The van der Waals surface area contributed by atoms with E-state index in [4.69, 9.17) is 0 Å². The van der Waals surface area contributed by atoms with Crippen molar-refractivity contribution in [3.05, 3.63) is 6.92 Å². The molecule has 0 spiro atoms. The first-order valence-electron chi connectivity index (χ1n) is 4.76. The summed E-state index contributed by atoms with van der Waals surface area (Å²) in [6.07, 6.45) is 6.59. The maximum absolute atomic E-state index is 3.96. The predicted molar refractivity (Wildman–Crippen MR) is 56.0 cm³/mol. The summed E-state index contributed by atoms with van der Waals surface area (Å²) in [6.45, 7) is 8.45. The van der Waals surface area contributed by atoms with Crippen LogP contribution >= 0.6 is 11.8 Å². The van der Waals surface area contributed by atoms with Crippen molar-refractivity contribution in [1.82, 2.24) is 0 Å². The van der Waals surface area contributed by atoms with Crippen LogP contribution in [0.1, 0.15) is 46.0 Å². The van der Waals surface area contributed by atoms with Crippen LogP contribution in [0.15, 0.2) is 0 Å². The molecule has 0 aromatic heterocycles. The van der Waals surface area contributed by atoms with Gasteiger partial charge in [-0.1, -0.05) is 40.0 Å². The zero-order valence-electron chi connectivity index (χ0n) is 7.94. The topological polar surface area (TPSA) is 0 Å². The second kappa shape index (κ2) is 8.45. The molecule has 0 aliphatic carbocycles. The molecule has 0 aliphatic heterocycles. The highest BCUT2D eigenvalue weighted by atomic mass is 32.2. The summed E-state index contributed by atoms with van der Waals surface area (Å²) in [5.74, 6) is 1.24. The van der Waals surface area contributed by atoms with Crippen LogP contribution in [0.2, 0.25) is 0 Å². The van der Waals surface area contributed by atoms with E-state index in [0.29, 0.717) is 0 Å². The molecule has 0 nitrogen and oxygen atoms in total. The Morgan fingerprint density at radius 2 is 2.00 bits per heavy atom. The molecule has 11 heavy (non-hydrogen) atoms. The first-order valence-corrected chi connectivity index (χ1v) is 5.80. The molecule has 0 aromatic carbocycles. The largest absolute Gasteiger partial charge is 0.159 e. The highest BCUT2D eigenvalue weighted by Gasteiger charge is 2.03. The second-order valence-corrected chi connectivity index (χ2v) is 4.44. The van der Waals surface area contributed by atoms with Gasteiger partial charge in [-0.25, -0.2) is 0 Å². The Labute approximate surface area is 76.1 Å². The third kappa shape index (κ3) is 6.74. The molecule has 0 saturated carbocycles. The van der Waals surface area contributed by atoms with E-state index >= 15 is 0 Å². The maximum atomic E-state index is 3.96. The third-order valence-electron chi connectivity index (χ3n) is 1.85. The molecule has 0 N–H and O–H groups in total. The van der Waals surface area contributed by atoms with Crippen LogP contribution in [0.25, 0.3) is 0 Å². The number of hydrogen-bond acceptors (Lipinski definition) is 1. The number of rotatable bonds is 7. The molecule has 1 atom stereocenters. The van der Waals surface area contributed by atoms with Crippen molar-refractivity contribution in [2.24, 2.45) is 0 Å². The summed E-state index contributed by atoms with van der Waals surface area (Å²) in [4.78, 5) is 0. The monoisotopic (exact) mass is 173 g/mol. The average molecular weight is 173 g/mol. The van der Waals surface area contributed by atoms with E-state index in [1.165, 1.54) is 31.4 Å². The summed E-state index contributed by atoms with van der Waals surface area (Å²) in [5, 5.41) is 0.826. The second-order valence-electron chi connectivity index (χ2n) is 2.86. The summed E-state index contributed by atoms with van der Waals surface area (Å²) >= 11 is 2.06. The summed E-state index contributed by atoms with van der Waals surface area (Å²) < 4.78 is 0. The Morgan fingerprint density at radius 1 is 1.27 bits per heavy atom. The standard InChI is InChI=1S/C10H21S/c1-4-7-8-9-10(5-2)11-6-3/h10H,2,4-9H2,1,3H3. The molecular formula is C10H21S. The van der Waals surface area contributed by atoms with Crippen molar-refractivity contribution in [3.8, 4) is 0 Å². The normalized spacial score (nSPS) is 13.4. The van der Waals surface area contributed by atoms with Gasteiger partial charge >= 0.3 is 0 Å². The van der Waals surface area contributed by atoms with Crippen molar-refractivity contribution in [3.63, 3.8) is 0 Å². The van der Waals surface area contributed by atoms with Gasteiger partial charge in [0.05, 0.1) is 0 Å². The molecular weight excluding hydrogens is 152 g/mol. The van der Waals surface area contributed by atoms with Gasteiger partial charge in [0.25, 0.3) is 0 Å².